The van der Waals surface area contributed by atoms with E-state index < -0.39 is 30.3 Å². The summed E-state index contributed by atoms with van der Waals surface area (Å²) in [5.41, 5.74) is 0.213. The lowest BCUT2D eigenvalue weighted by Gasteiger charge is -2.35. The number of benzene rings is 1. The second kappa shape index (κ2) is 11.3. The first kappa shape index (κ1) is 27.1. The zero-order chi connectivity index (χ0) is 24.8. The van der Waals surface area contributed by atoms with Gasteiger partial charge in [0.05, 0.1) is 21.7 Å². The van der Waals surface area contributed by atoms with Crippen LogP contribution in [-0.4, -0.2) is 39.8 Å². The van der Waals surface area contributed by atoms with Crippen molar-refractivity contribution >= 4 is 34.2 Å². The van der Waals surface area contributed by atoms with E-state index in [1.165, 1.54) is 0 Å². The number of ketones is 1. The van der Waals surface area contributed by atoms with Crippen LogP contribution in [-0.2, 0) is 4.79 Å². The molecule has 0 spiro atoms. The maximum absolute atomic E-state index is 13.4. The number of rotatable bonds is 7. The highest BCUT2D eigenvalue weighted by Crippen LogP contribution is 2.38. The molecule has 0 radical (unpaired) electrons. The fraction of sp³-hybridized carbons (Fsp3) is 0.560. The molecule has 0 saturated heterocycles. The lowest BCUT2D eigenvalue weighted by Crippen LogP contribution is -2.47. The van der Waals surface area contributed by atoms with E-state index in [2.05, 4.69) is 10.3 Å². The fourth-order valence-corrected chi connectivity index (χ4v) is 4.30. The largest absolute Gasteiger partial charge is 0.388 e. The Morgan fingerprint density at radius 3 is 2.36 bits per heavy atom. The molecule has 1 aliphatic carbocycles. The SMILES string of the molecule is CC.CCC(CC(C)=O)c1ccc2c(C(=O)NCC3(O)CCC(F)(F)CC3)c(Cl)ccc2n1. The zero-order valence-corrected chi connectivity index (χ0v) is 20.4. The van der Waals surface area contributed by atoms with Crippen LogP contribution in [0.3, 0.4) is 0 Å². The number of halogens is 3. The average molecular weight is 483 g/mol. The first-order valence-electron chi connectivity index (χ1n) is 11.5. The summed E-state index contributed by atoms with van der Waals surface area (Å²) in [6.07, 6.45) is 0.191. The van der Waals surface area contributed by atoms with Gasteiger partial charge in [0.25, 0.3) is 5.91 Å². The molecule has 182 valence electrons. The van der Waals surface area contributed by atoms with Gasteiger partial charge in [-0.2, -0.15) is 0 Å². The smallest absolute Gasteiger partial charge is 0.253 e. The van der Waals surface area contributed by atoms with Gasteiger partial charge in [-0.15, -0.1) is 0 Å². The number of hydrogen-bond acceptors (Lipinski definition) is 4. The second-order valence-electron chi connectivity index (χ2n) is 8.50. The lowest BCUT2D eigenvalue weighted by molar-refractivity contribution is -0.117. The number of amides is 1. The number of nitrogens with zero attached hydrogens (tertiary/aromatic N) is 1. The molecular formula is C25H33ClF2N2O3. The van der Waals surface area contributed by atoms with Crippen molar-refractivity contribution in [2.24, 2.45) is 0 Å². The standard InChI is InChI=1S/C23H27ClF2N2O3.C2H6/c1-3-15(12-14(2)29)18-6-4-16-19(28-18)7-5-17(24)20(16)21(30)27-13-22(31)8-10-23(25,26)11-9-22;1-2/h4-7,15,31H,3,8-13H2,1-2H3,(H,27,30);1-2H3. The Hall–Kier alpha value is -2.12. The predicted octanol–water partition coefficient (Wildman–Crippen LogP) is 6.06. The van der Waals surface area contributed by atoms with Crippen molar-refractivity contribution in [3.63, 3.8) is 0 Å². The molecule has 1 unspecified atom stereocenters. The first-order chi connectivity index (χ1) is 15.5. The number of nitrogens with one attached hydrogen (secondary N) is 1. The maximum Gasteiger partial charge on any atom is 0.253 e. The van der Waals surface area contributed by atoms with Crippen molar-refractivity contribution in [2.45, 2.75) is 83.7 Å². The molecule has 1 aliphatic rings. The molecule has 1 amide bonds. The Morgan fingerprint density at radius 1 is 1.15 bits per heavy atom. The third kappa shape index (κ3) is 6.93. The molecule has 1 heterocycles. The third-order valence-electron chi connectivity index (χ3n) is 6.00. The van der Waals surface area contributed by atoms with E-state index in [4.69, 9.17) is 11.6 Å². The van der Waals surface area contributed by atoms with Crippen molar-refractivity contribution < 1.29 is 23.5 Å². The van der Waals surface area contributed by atoms with Gasteiger partial charge in [0.15, 0.2) is 0 Å². The normalized spacial score (nSPS) is 17.6. The summed E-state index contributed by atoms with van der Waals surface area (Å²) in [5, 5.41) is 14.0. The van der Waals surface area contributed by atoms with E-state index in [9.17, 15) is 23.5 Å². The first-order valence-corrected chi connectivity index (χ1v) is 11.9. The van der Waals surface area contributed by atoms with E-state index in [0.29, 0.717) is 17.3 Å². The zero-order valence-electron chi connectivity index (χ0n) is 19.7. The molecule has 0 aliphatic heterocycles. The van der Waals surface area contributed by atoms with E-state index in [1.54, 1.807) is 31.2 Å². The third-order valence-corrected chi connectivity index (χ3v) is 6.32. The summed E-state index contributed by atoms with van der Waals surface area (Å²) < 4.78 is 26.8. The van der Waals surface area contributed by atoms with Gasteiger partial charge in [-0.1, -0.05) is 38.4 Å². The molecular weight excluding hydrogens is 450 g/mol. The summed E-state index contributed by atoms with van der Waals surface area (Å²) >= 11 is 6.30. The highest BCUT2D eigenvalue weighted by molar-refractivity contribution is 6.35. The summed E-state index contributed by atoms with van der Waals surface area (Å²) in [6, 6.07) is 6.85. The van der Waals surface area contributed by atoms with Gasteiger partial charge in [-0.3, -0.25) is 9.78 Å². The van der Waals surface area contributed by atoms with Gasteiger partial charge in [-0.25, -0.2) is 8.78 Å². The van der Waals surface area contributed by atoms with Gasteiger partial charge < -0.3 is 15.2 Å². The van der Waals surface area contributed by atoms with Gasteiger partial charge >= 0.3 is 0 Å². The minimum atomic E-state index is -2.77. The molecule has 1 atom stereocenters. The van der Waals surface area contributed by atoms with Crippen LogP contribution in [0.4, 0.5) is 8.78 Å². The Bertz CT molecular complexity index is 987. The molecule has 3 rings (SSSR count). The van der Waals surface area contributed by atoms with Crippen LogP contribution in [0.15, 0.2) is 24.3 Å². The molecule has 2 aromatic rings. The molecule has 0 bridgehead atoms. The predicted molar refractivity (Wildman–Crippen MR) is 127 cm³/mol. The Labute approximate surface area is 198 Å². The minimum absolute atomic E-state index is 0.00599. The van der Waals surface area contributed by atoms with E-state index in [0.717, 1.165) is 12.1 Å². The summed E-state index contributed by atoms with van der Waals surface area (Å²) in [4.78, 5) is 29.1. The van der Waals surface area contributed by atoms with Crippen LogP contribution in [0, 0.1) is 0 Å². The van der Waals surface area contributed by atoms with E-state index >= 15 is 0 Å². The van der Waals surface area contributed by atoms with Crippen molar-refractivity contribution in [1.82, 2.24) is 10.3 Å². The van der Waals surface area contributed by atoms with E-state index in [-0.39, 0.29) is 41.7 Å². The van der Waals surface area contributed by atoms with Crippen LogP contribution in [0.5, 0.6) is 0 Å². The number of alkyl halides is 2. The molecule has 33 heavy (non-hydrogen) atoms. The van der Waals surface area contributed by atoms with Crippen LogP contribution in [0.2, 0.25) is 5.02 Å². The Kier molecular flexibility index (Phi) is 9.32. The summed E-state index contributed by atoms with van der Waals surface area (Å²) in [5.74, 6) is -3.18. The number of pyridine rings is 1. The van der Waals surface area contributed by atoms with Crippen LogP contribution in [0.1, 0.15) is 88.2 Å². The Morgan fingerprint density at radius 2 is 1.79 bits per heavy atom. The average Bonchev–Trinajstić information content (AvgIpc) is 2.79. The van der Waals surface area contributed by atoms with Crippen LogP contribution >= 0.6 is 11.6 Å². The topological polar surface area (TPSA) is 79.3 Å². The van der Waals surface area contributed by atoms with Crippen LogP contribution in [0.25, 0.3) is 10.9 Å². The number of carbonyl (C=O) groups excluding carboxylic acids is 2. The van der Waals surface area contributed by atoms with Gasteiger partial charge in [-0.05, 0) is 44.4 Å². The summed E-state index contributed by atoms with van der Waals surface area (Å²) in [6.45, 7) is 7.41. The molecule has 8 heteroatoms. The maximum atomic E-state index is 13.4. The monoisotopic (exact) mass is 482 g/mol. The van der Waals surface area contributed by atoms with Crippen molar-refractivity contribution in [2.75, 3.05) is 6.54 Å². The molecule has 1 fully saturated rings. The van der Waals surface area contributed by atoms with Gasteiger partial charge in [0.1, 0.15) is 5.78 Å². The van der Waals surface area contributed by atoms with Crippen molar-refractivity contribution in [3.05, 3.63) is 40.5 Å². The van der Waals surface area contributed by atoms with Crippen molar-refractivity contribution in [3.8, 4) is 0 Å². The van der Waals surface area contributed by atoms with Crippen molar-refractivity contribution in [1.29, 1.82) is 0 Å². The number of aliphatic hydroxyl groups is 1. The quantitative estimate of drug-likeness (QED) is 0.503. The molecule has 5 nitrogen and oxygen atoms in total. The Balaban J connectivity index is 0.00000187. The van der Waals surface area contributed by atoms with Gasteiger partial charge in [0.2, 0.25) is 5.92 Å². The number of aromatic nitrogens is 1. The fourth-order valence-electron chi connectivity index (χ4n) is 4.05. The molecule has 1 aromatic carbocycles. The second-order valence-corrected chi connectivity index (χ2v) is 8.91. The number of fused-ring (bicyclic) bond motifs is 1. The lowest BCUT2D eigenvalue weighted by atomic mass is 9.82. The van der Waals surface area contributed by atoms with E-state index in [1.807, 2.05) is 20.8 Å². The highest BCUT2D eigenvalue weighted by atomic mass is 35.5. The molecule has 1 saturated carbocycles. The number of Topliss-reactive ketones (excluding diaryl/α,β-unsaturated/α-hetero) is 1. The number of hydrogen-bond donors (Lipinski definition) is 2. The van der Waals surface area contributed by atoms with Crippen LogP contribution < -0.4 is 5.32 Å². The minimum Gasteiger partial charge on any atom is -0.388 e. The number of carbonyl (C=O) groups is 2. The molecule has 2 N–H and O–H groups in total. The van der Waals surface area contributed by atoms with Gasteiger partial charge in [0, 0.05) is 42.8 Å². The highest BCUT2D eigenvalue weighted by Gasteiger charge is 2.42. The summed E-state index contributed by atoms with van der Waals surface area (Å²) in [7, 11) is 0. The molecule has 1 aromatic heterocycles.